The lowest BCUT2D eigenvalue weighted by molar-refractivity contribution is -0.384. The Labute approximate surface area is 214 Å². The maximum Gasteiger partial charge on any atom is 0.292 e. The van der Waals surface area contributed by atoms with Crippen molar-refractivity contribution in [1.82, 2.24) is 10.2 Å². The van der Waals surface area contributed by atoms with Crippen molar-refractivity contribution in [3.05, 3.63) is 52.1 Å². The molecule has 1 amide bonds. The van der Waals surface area contributed by atoms with Crippen molar-refractivity contribution < 1.29 is 23.9 Å². The molecule has 192 valence electrons. The van der Waals surface area contributed by atoms with Crippen molar-refractivity contribution in [3.63, 3.8) is 0 Å². The van der Waals surface area contributed by atoms with Gasteiger partial charge in [0.2, 0.25) is 0 Å². The molecule has 0 spiro atoms. The molecule has 2 aromatic carbocycles. The number of hydrogen-bond donors (Lipinski definition) is 1. The summed E-state index contributed by atoms with van der Waals surface area (Å²) in [5, 5.41) is 14.7. The molecule has 0 saturated carbocycles. The van der Waals surface area contributed by atoms with Crippen molar-refractivity contribution in [1.29, 1.82) is 0 Å². The van der Waals surface area contributed by atoms with Gasteiger partial charge in [-0.25, -0.2) is 0 Å². The molecule has 2 fully saturated rings. The Morgan fingerprint density at radius 3 is 2.19 bits per heavy atom. The fourth-order valence-electron chi connectivity index (χ4n) is 4.28. The van der Waals surface area contributed by atoms with Gasteiger partial charge in [0.25, 0.3) is 11.6 Å². The summed E-state index contributed by atoms with van der Waals surface area (Å²) in [4.78, 5) is 30.1. The highest BCUT2D eigenvalue weighted by atomic mass is 32.1. The molecule has 2 aliphatic rings. The Bertz CT molecular complexity index is 1110. The molecule has 1 N–H and O–H groups in total. The van der Waals surface area contributed by atoms with E-state index in [9.17, 15) is 14.9 Å². The molecule has 2 aromatic rings. The number of nitro groups is 1. The summed E-state index contributed by atoms with van der Waals surface area (Å²) < 4.78 is 15.9. The second kappa shape index (κ2) is 11.4. The number of hydrogen-bond acceptors (Lipinski definition) is 9. The third-order valence-electron chi connectivity index (χ3n) is 6.27. The van der Waals surface area contributed by atoms with Crippen LogP contribution in [0, 0.1) is 10.1 Å². The SMILES string of the molecule is COc1cc(OC)cc(C(=O)NC(=S)N2CCN(c3ccc([N+](=O)[O-])c(N4CCOCC4)c3)CC2)c1. The van der Waals surface area contributed by atoms with Crippen LogP contribution < -0.4 is 24.6 Å². The largest absolute Gasteiger partial charge is 0.497 e. The molecule has 2 heterocycles. The number of anilines is 2. The molecule has 0 aromatic heterocycles. The maximum atomic E-state index is 12.8. The number of methoxy groups -OCH3 is 2. The zero-order chi connectivity index (χ0) is 25.7. The van der Waals surface area contributed by atoms with Crippen LogP contribution in [0.4, 0.5) is 17.1 Å². The molecule has 12 heteroatoms. The fourth-order valence-corrected chi connectivity index (χ4v) is 4.55. The van der Waals surface area contributed by atoms with Crippen LogP contribution >= 0.6 is 12.2 Å². The minimum absolute atomic E-state index is 0.0948. The lowest BCUT2D eigenvalue weighted by atomic mass is 10.1. The molecule has 0 unspecified atom stereocenters. The molecule has 0 bridgehead atoms. The number of thiocarbonyl (C=S) groups is 1. The maximum absolute atomic E-state index is 12.8. The highest BCUT2D eigenvalue weighted by Crippen LogP contribution is 2.33. The van der Waals surface area contributed by atoms with Crippen LogP contribution in [0.5, 0.6) is 11.5 Å². The average molecular weight is 516 g/mol. The van der Waals surface area contributed by atoms with Crippen LogP contribution in [0.25, 0.3) is 0 Å². The van der Waals surface area contributed by atoms with Gasteiger partial charge in [-0.3, -0.25) is 20.2 Å². The zero-order valence-corrected chi connectivity index (χ0v) is 21.1. The lowest BCUT2D eigenvalue weighted by Gasteiger charge is -2.37. The third-order valence-corrected chi connectivity index (χ3v) is 6.63. The predicted molar refractivity (Wildman–Crippen MR) is 140 cm³/mol. The predicted octanol–water partition coefficient (Wildman–Crippen LogP) is 2.29. The van der Waals surface area contributed by atoms with E-state index in [2.05, 4.69) is 10.2 Å². The molecule has 2 saturated heterocycles. The molecule has 0 radical (unpaired) electrons. The van der Waals surface area contributed by atoms with E-state index in [1.165, 1.54) is 14.2 Å². The van der Waals surface area contributed by atoms with E-state index in [4.69, 9.17) is 26.4 Å². The molecule has 4 rings (SSSR count). The zero-order valence-electron chi connectivity index (χ0n) is 20.3. The summed E-state index contributed by atoms with van der Waals surface area (Å²) in [6.45, 7) is 4.84. The van der Waals surface area contributed by atoms with Crippen molar-refractivity contribution >= 4 is 40.3 Å². The molecular weight excluding hydrogens is 486 g/mol. The summed E-state index contributed by atoms with van der Waals surface area (Å²) in [5.74, 6) is 0.683. The Morgan fingerprint density at radius 1 is 0.972 bits per heavy atom. The number of amides is 1. The Hall–Kier alpha value is -3.64. The van der Waals surface area contributed by atoms with E-state index in [0.717, 1.165) is 5.69 Å². The van der Waals surface area contributed by atoms with E-state index < -0.39 is 0 Å². The first-order valence-corrected chi connectivity index (χ1v) is 12.0. The number of benzene rings is 2. The number of nitro benzene ring substituents is 1. The summed E-state index contributed by atoms with van der Waals surface area (Å²) in [5.41, 5.74) is 2.01. The van der Waals surface area contributed by atoms with Gasteiger partial charge in [-0.05, 0) is 36.5 Å². The summed E-state index contributed by atoms with van der Waals surface area (Å²) in [6.07, 6.45) is 0. The number of nitrogens with one attached hydrogen (secondary N) is 1. The van der Waals surface area contributed by atoms with Crippen molar-refractivity contribution in [2.75, 3.05) is 76.5 Å². The first-order chi connectivity index (χ1) is 17.4. The molecule has 2 aliphatic heterocycles. The number of carbonyl (C=O) groups excluding carboxylic acids is 1. The number of nitrogens with zero attached hydrogens (tertiary/aromatic N) is 4. The van der Waals surface area contributed by atoms with Gasteiger partial charge < -0.3 is 28.9 Å². The number of ether oxygens (including phenoxy) is 3. The van der Waals surface area contributed by atoms with Crippen LogP contribution in [0.15, 0.2) is 36.4 Å². The summed E-state index contributed by atoms with van der Waals surface area (Å²) in [7, 11) is 3.05. The number of morpholine rings is 1. The first kappa shape index (κ1) is 25.5. The van der Waals surface area contributed by atoms with E-state index in [1.54, 1.807) is 30.3 Å². The topological polar surface area (TPSA) is 110 Å². The van der Waals surface area contributed by atoms with Gasteiger partial charge in [0.15, 0.2) is 5.11 Å². The van der Waals surface area contributed by atoms with Gasteiger partial charge in [-0.2, -0.15) is 0 Å². The summed E-state index contributed by atoms with van der Waals surface area (Å²) >= 11 is 5.50. The lowest BCUT2D eigenvalue weighted by Crippen LogP contribution is -2.52. The fraction of sp³-hybridized carbons (Fsp3) is 0.417. The van der Waals surface area contributed by atoms with Crippen molar-refractivity contribution in [2.24, 2.45) is 0 Å². The Morgan fingerprint density at radius 2 is 1.61 bits per heavy atom. The van der Waals surface area contributed by atoms with Crippen LogP contribution in [0.2, 0.25) is 0 Å². The van der Waals surface area contributed by atoms with E-state index in [1.807, 2.05) is 15.9 Å². The quantitative estimate of drug-likeness (QED) is 0.350. The highest BCUT2D eigenvalue weighted by Gasteiger charge is 2.25. The van der Waals surface area contributed by atoms with E-state index in [-0.39, 0.29) is 16.5 Å². The van der Waals surface area contributed by atoms with Crippen LogP contribution in [-0.4, -0.2) is 87.5 Å². The molecular formula is C24H29N5O6S. The molecule has 0 aliphatic carbocycles. The van der Waals surface area contributed by atoms with Crippen molar-refractivity contribution in [3.8, 4) is 11.5 Å². The van der Waals surface area contributed by atoms with E-state index in [0.29, 0.717) is 80.3 Å². The molecule has 0 atom stereocenters. The Balaban J connectivity index is 1.39. The average Bonchev–Trinajstić information content (AvgIpc) is 2.92. The third kappa shape index (κ3) is 5.77. The first-order valence-electron chi connectivity index (χ1n) is 11.6. The van der Waals surface area contributed by atoms with Gasteiger partial charge >= 0.3 is 0 Å². The smallest absolute Gasteiger partial charge is 0.292 e. The van der Waals surface area contributed by atoms with Crippen LogP contribution in [0.3, 0.4) is 0 Å². The van der Waals surface area contributed by atoms with Gasteiger partial charge in [0.1, 0.15) is 17.2 Å². The van der Waals surface area contributed by atoms with Crippen molar-refractivity contribution in [2.45, 2.75) is 0 Å². The summed E-state index contributed by atoms with van der Waals surface area (Å²) in [6, 6.07) is 10.2. The molecule has 11 nitrogen and oxygen atoms in total. The van der Waals surface area contributed by atoms with Gasteiger partial charge in [0.05, 0.1) is 32.4 Å². The van der Waals surface area contributed by atoms with Gasteiger partial charge in [0, 0.05) is 62.7 Å². The standard InChI is InChI=1S/C24H29N5O6S/c1-33-19-13-17(14-20(16-19)34-2)23(30)25-24(36)28-7-5-26(6-8-28)18-3-4-21(29(31)32)22(15-18)27-9-11-35-12-10-27/h3-4,13-16H,5-12H2,1-2H3,(H,25,30,36). The van der Waals surface area contributed by atoms with Crippen LogP contribution in [0.1, 0.15) is 10.4 Å². The van der Waals surface area contributed by atoms with E-state index >= 15 is 0 Å². The second-order valence-corrected chi connectivity index (χ2v) is 8.75. The minimum atomic E-state index is -0.342. The minimum Gasteiger partial charge on any atom is -0.497 e. The van der Waals surface area contributed by atoms with Gasteiger partial charge in [-0.15, -0.1) is 0 Å². The second-order valence-electron chi connectivity index (χ2n) is 8.36. The highest BCUT2D eigenvalue weighted by molar-refractivity contribution is 7.80. The number of carbonyl (C=O) groups is 1. The van der Waals surface area contributed by atoms with Crippen LogP contribution in [-0.2, 0) is 4.74 Å². The molecule has 36 heavy (non-hydrogen) atoms. The van der Waals surface area contributed by atoms with Gasteiger partial charge in [-0.1, -0.05) is 0 Å². The number of piperazine rings is 1. The number of rotatable bonds is 6. The normalized spacial score (nSPS) is 15.9. The Kier molecular flexibility index (Phi) is 8.06. The monoisotopic (exact) mass is 515 g/mol.